The molecule has 1 amide bonds. The Kier molecular flexibility index (Phi) is 4.85. The third-order valence-electron chi connectivity index (χ3n) is 5.14. The van der Waals surface area contributed by atoms with Crippen LogP contribution >= 0.6 is 12.4 Å². The van der Waals surface area contributed by atoms with Gasteiger partial charge in [0.25, 0.3) is 5.91 Å². The summed E-state index contributed by atoms with van der Waals surface area (Å²) in [6.45, 7) is 1.26. The van der Waals surface area contributed by atoms with Crippen LogP contribution in [0.25, 0.3) is 16.6 Å². The molecule has 9 nitrogen and oxygen atoms in total. The summed E-state index contributed by atoms with van der Waals surface area (Å²) < 4.78 is 3.33. The van der Waals surface area contributed by atoms with Gasteiger partial charge >= 0.3 is 0 Å². The van der Waals surface area contributed by atoms with Crippen molar-refractivity contribution in [1.82, 2.24) is 24.4 Å². The summed E-state index contributed by atoms with van der Waals surface area (Å²) >= 11 is 0. The maximum Gasteiger partial charge on any atom is 0.261 e. The van der Waals surface area contributed by atoms with Crippen LogP contribution in [0.2, 0.25) is 0 Å². The number of fused-ring (bicyclic) bond motifs is 2. The molecule has 1 unspecified atom stereocenters. The number of nitrogens with zero attached hydrogens (tertiary/aromatic N) is 6. The highest BCUT2D eigenvalue weighted by Crippen LogP contribution is 2.34. The van der Waals surface area contributed by atoms with Crippen molar-refractivity contribution in [3.8, 4) is 0 Å². The van der Waals surface area contributed by atoms with Gasteiger partial charge in [-0.05, 0) is 24.6 Å². The zero-order valence-corrected chi connectivity index (χ0v) is 16.5. The molecular weight excluding hydrogens is 394 g/mol. The summed E-state index contributed by atoms with van der Waals surface area (Å²) in [7, 11) is 1.86. The molecule has 1 aliphatic heterocycles. The summed E-state index contributed by atoms with van der Waals surface area (Å²) in [5, 5.41) is 22.4. The van der Waals surface area contributed by atoms with E-state index in [0.29, 0.717) is 29.9 Å². The molecule has 3 aromatic heterocycles. The molecule has 1 fully saturated rings. The molecule has 4 heterocycles. The highest BCUT2D eigenvalue weighted by molar-refractivity contribution is 6.10. The van der Waals surface area contributed by atoms with Gasteiger partial charge in [-0.3, -0.25) is 9.48 Å². The number of benzene rings is 1. The van der Waals surface area contributed by atoms with Gasteiger partial charge in [-0.25, -0.2) is 9.50 Å². The van der Waals surface area contributed by atoms with Crippen molar-refractivity contribution in [3.05, 3.63) is 48.5 Å². The van der Waals surface area contributed by atoms with Crippen LogP contribution in [0.5, 0.6) is 0 Å². The molecule has 10 heteroatoms. The maximum absolute atomic E-state index is 13.0. The number of β-amino-alcohol motifs (C(OH)–C–C–N with tert-alkyl or cyclic N) is 1. The number of carbonyl (C=O) groups excluding carboxylic acids is 1. The second kappa shape index (κ2) is 7.34. The number of hydrogen-bond acceptors (Lipinski definition) is 6. The molecule has 4 aromatic rings. The van der Waals surface area contributed by atoms with E-state index in [-0.39, 0.29) is 24.4 Å². The summed E-state index contributed by atoms with van der Waals surface area (Å²) in [6.07, 6.45) is 7.03. The van der Waals surface area contributed by atoms with Gasteiger partial charge in [0.2, 0.25) is 0 Å². The number of aromatic nitrogens is 5. The highest BCUT2D eigenvalue weighted by atomic mass is 35.5. The molecule has 2 N–H and O–H groups in total. The summed E-state index contributed by atoms with van der Waals surface area (Å²) in [5.74, 6) is -0.281. The first kappa shape index (κ1) is 19.2. The fraction of sp³-hybridized carbons (Fsp3) is 0.263. The number of halogens is 1. The van der Waals surface area contributed by atoms with E-state index in [4.69, 9.17) is 0 Å². The van der Waals surface area contributed by atoms with E-state index in [1.165, 1.54) is 6.20 Å². The van der Waals surface area contributed by atoms with E-state index in [1.54, 1.807) is 33.9 Å². The number of carbonyl (C=O) groups is 1. The second-order valence-corrected chi connectivity index (χ2v) is 6.99. The average Bonchev–Trinajstić information content (AvgIpc) is 3.40. The van der Waals surface area contributed by atoms with Gasteiger partial charge in [0, 0.05) is 37.9 Å². The fourth-order valence-electron chi connectivity index (χ4n) is 3.69. The highest BCUT2D eigenvalue weighted by Gasteiger charge is 2.25. The van der Waals surface area contributed by atoms with Gasteiger partial charge in [-0.15, -0.1) is 12.4 Å². The van der Waals surface area contributed by atoms with Crippen molar-refractivity contribution in [1.29, 1.82) is 0 Å². The summed E-state index contributed by atoms with van der Waals surface area (Å²) in [4.78, 5) is 19.3. The van der Waals surface area contributed by atoms with Crippen molar-refractivity contribution < 1.29 is 9.90 Å². The molecule has 0 spiro atoms. The molecule has 0 saturated carbocycles. The lowest BCUT2D eigenvalue weighted by Crippen LogP contribution is -2.23. The standard InChI is InChI=1S/C19H19N7O2.ClH/c1-24-16-8-15(17(7-12(16)9-21-24)25-6-3-13(27)11-25)23-19(28)14-10-22-26-5-2-4-20-18(14)26;/h2,4-5,7-10,13,27H,3,6,11H2,1H3,(H,23,28);1H. The molecule has 29 heavy (non-hydrogen) atoms. The molecule has 1 aromatic carbocycles. The second-order valence-electron chi connectivity index (χ2n) is 6.99. The Labute approximate surface area is 172 Å². The molecule has 1 atom stereocenters. The minimum Gasteiger partial charge on any atom is -0.391 e. The van der Waals surface area contributed by atoms with Gasteiger partial charge in [0.05, 0.1) is 35.4 Å². The van der Waals surface area contributed by atoms with Crippen LogP contribution in [0.4, 0.5) is 11.4 Å². The van der Waals surface area contributed by atoms with E-state index in [1.807, 2.05) is 19.2 Å². The molecule has 1 aliphatic rings. The Morgan fingerprint density at radius 2 is 2.14 bits per heavy atom. The van der Waals surface area contributed by atoms with Gasteiger partial charge in [0.15, 0.2) is 5.65 Å². The first-order chi connectivity index (χ1) is 13.6. The van der Waals surface area contributed by atoms with Gasteiger partial charge in [-0.1, -0.05) is 0 Å². The number of rotatable bonds is 3. The fourth-order valence-corrected chi connectivity index (χ4v) is 3.69. The number of hydrogen-bond donors (Lipinski definition) is 2. The van der Waals surface area contributed by atoms with E-state index in [0.717, 1.165) is 23.1 Å². The van der Waals surface area contributed by atoms with E-state index < -0.39 is 0 Å². The lowest BCUT2D eigenvalue weighted by molar-refractivity contribution is 0.102. The predicted octanol–water partition coefficient (Wildman–Crippen LogP) is 1.86. The van der Waals surface area contributed by atoms with Gasteiger partial charge < -0.3 is 15.3 Å². The predicted molar refractivity (Wildman–Crippen MR) is 112 cm³/mol. The minimum atomic E-state index is -0.364. The molecule has 5 rings (SSSR count). The van der Waals surface area contributed by atoms with Crippen LogP contribution in [0.15, 0.2) is 43.0 Å². The molecule has 0 aliphatic carbocycles. The van der Waals surface area contributed by atoms with Crippen molar-refractivity contribution in [2.24, 2.45) is 7.05 Å². The zero-order valence-electron chi connectivity index (χ0n) is 15.7. The Morgan fingerprint density at radius 1 is 1.28 bits per heavy atom. The minimum absolute atomic E-state index is 0. The van der Waals surface area contributed by atoms with Crippen LogP contribution in [-0.4, -0.2) is 54.6 Å². The Balaban J connectivity index is 0.00000205. The molecule has 150 valence electrons. The van der Waals surface area contributed by atoms with Gasteiger partial charge in [0.1, 0.15) is 5.56 Å². The van der Waals surface area contributed by atoms with Crippen molar-refractivity contribution in [2.45, 2.75) is 12.5 Å². The lowest BCUT2D eigenvalue weighted by atomic mass is 10.1. The summed E-state index contributed by atoms with van der Waals surface area (Å²) in [6, 6.07) is 5.68. The largest absolute Gasteiger partial charge is 0.391 e. The topological polar surface area (TPSA) is 101 Å². The lowest BCUT2D eigenvalue weighted by Gasteiger charge is -2.22. The first-order valence-electron chi connectivity index (χ1n) is 9.08. The normalized spacial score (nSPS) is 16.3. The van der Waals surface area contributed by atoms with Gasteiger partial charge in [-0.2, -0.15) is 10.2 Å². The van der Waals surface area contributed by atoms with Crippen LogP contribution in [0, 0.1) is 0 Å². The molecule has 1 saturated heterocycles. The average molecular weight is 414 g/mol. The third kappa shape index (κ3) is 3.28. The number of nitrogens with one attached hydrogen (secondary N) is 1. The number of aliphatic hydroxyl groups excluding tert-OH is 1. The Bertz CT molecular complexity index is 1200. The van der Waals surface area contributed by atoms with Crippen molar-refractivity contribution in [3.63, 3.8) is 0 Å². The molecular formula is C19H20ClN7O2. The Morgan fingerprint density at radius 3 is 2.93 bits per heavy atom. The summed E-state index contributed by atoms with van der Waals surface area (Å²) in [5.41, 5.74) is 3.36. The van der Waals surface area contributed by atoms with Crippen molar-refractivity contribution in [2.75, 3.05) is 23.3 Å². The smallest absolute Gasteiger partial charge is 0.261 e. The SMILES string of the molecule is Cl.Cn1ncc2cc(N3CCC(O)C3)c(NC(=O)c3cnn4cccnc34)cc21. The first-order valence-corrected chi connectivity index (χ1v) is 9.08. The van der Waals surface area contributed by atoms with E-state index >= 15 is 0 Å². The number of aryl methyl sites for hydroxylation is 1. The van der Waals surface area contributed by atoms with E-state index in [2.05, 4.69) is 25.4 Å². The quantitative estimate of drug-likeness (QED) is 0.531. The van der Waals surface area contributed by atoms with Crippen LogP contribution < -0.4 is 10.2 Å². The van der Waals surface area contributed by atoms with Crippen LogP contribution in [0.1, 0.15) is 16.8 Å². The van der Waals surface area contributed by atoms with Crippen molar-refractivity contribution >= 4 is 46.2 Å². The monoisotopic (exact) mass is 413 g/mol. The molecule has 0 bridgehead atoms. The molecule has 0 radical (unpaired) electrons. The van der Waals surface area contributed by atoms with E-state index in [9.17, 15) is 9.90 Å². The van der Waals surface area contributed by atoms with Crippen LogP contribution in [0.3, 0.4) is 0 Å². The number of anilines is 2. The number of aliphatic hydroxyl groups is 1. The zero-order chi connectivity index (χ0) is 19.3. The van der Waals surface area contributed by atoms with Crippen LogP contribution in [-0.2, 0) is 7.05 Å². The maximum atomic E-state index is 13.0. The third-order valence-corrected chi connectivity index (χ3v) is 5.14. The Hall–Kier alpha value is -3.17. The number of amides is 1.